The van der Waals surface area contributed by atoms with E-state index in [9.17, 15) is 0 Å². The molecule has 0 fully saturated rings. The van der Waals surface area contributed by atoms with Gasteiger partial charge in [-0.1, -0.05) is 124 Å². The second-order valence-corrected chi connectivity index (χ2v) is 13.2. The lowest BCUT2D eigenvalue weighted by Crippen LogP contribution is -2.50. The minimum atomic E-state index is -0.473. The highest BCUT2D eigenvalue weighted by Gasteiger charge is 2.42. The summed E-state index contributed by atoms with van der Waals surface area (Å²) in [6.07, 6.45) is 8.62. The number of nitrogens with one attached hydrogen (secondary N) is 3. The molecule has 5 N–H and O–H groups in total. The Kier molecular flexibility index (Phi) is 9.86. The molecule has 0 saturated heterocycles. The Bertz CT molecular complexity index is 1810. The zero-order chi connectivity index (χ0) is 33.7. The molecule has 2 aliphatic rings. The minimum Gasteiger partial charge on any atom is -0.350 e. The molecular formula is C41H45ClN6. The van der Waals surface area contributed by atoms with Crippen LogP contribution in [0.15, 0.2) is 137 Å². The van der Waals surface area contributed by atoms with Gasteiger partial charge in [0.1, 0.15) is 5.84 Å². The maximum absolute atomic E-state index is 6.67. The van der Waals surface area contributed by atoms with Crippen molar-refractivity contribution in [2.24, 2.45) is 15.7 Å². The number of aliphatic imine (C=N–C) groups is 2. The fourth-order valence-electron chi connectivity index (χ4n) is 6.53. The van der Waals surface area contributed by atoms with Crippen LogP contribution in [0.3, 0.4) is 0 Å². The van der Waals surface area contributed by atoms with Gasteiger partial charge in [-0.05, 0) is 77.8 Å². The fraction of sp³-hybridized carbons (Fsp3) is 0.268. The minimum absolute atomic E-state index is 0.255. The molecule has 0 bridgehead atoms. The number of rotatable bonds is 11. The first-order chi connectivity index (χ1) is 23.3. The van der Waals surface area contributed by atoms with Crippen LogP contribution in [-0.4, -0.2) is 23.5 Å². The van der Waals surface area contributed by atoms with Crippen molar-refractivity contribution in [3.63, 3.8) is 0 Å². The van der Waals surface area contributed by atoms with Crippen LogP contribution in [0.5, 0.6) is 0 Å². The van der Waals surface area contributed by atoms with Gasteiger partial charge in [-0.3, -0.25) is 0 Å². The summed E-state index contributed by atoms with van der Waals surface area (Å²) in [6.45, 7) is 8.41. The van der Waals surface area contributed by atoms with Crippen molar-refractivity contribution in [3.8, 4) is 11.1 Å². The van der Waals surface area contributed by atoms with Crippen LogP contribution in [0.2, 0.25) is 0 Å². The molecule has 0 spiro atoms. The van der Waals surface area contributed by atoms with E-state index >= 15 is 0 Å². The Labute approximate surface area is 289 Å². The molecule has 0 aromatic heterocycles. The molecule has 4 aromatic rings. The molecule has 7 heteroatoms. The lowest BCUT2D eigenvalue weighted by atomic mass is 9.71. The predicted molar refractivity (Wildman–Crippen MR) is 202 cm³/mol. The normalized spacial score (nSPS) is 18.5. The summed E-state index contributed by atoms with van der Waals surface area (Å²) < 4.78 is 0. The van der Waals surface area contributed by atoms with E-state index in [1.165, 1.54) is 27.8 Å². The van der Waals surface area contributed by atoms with Gasteiger partial charge in [0, 0.05) is 16.9 Å². The Morgan fingerprint density at radius 2 is 1.54 bits per heavy atom. The molecule has 4 aromatic carbocycles. The Hall–Kier alpha value is -4.65. The zero-order valence-electron chi connectivity index (χ0n) is 28.2. The fourth-order valence-corrected chi connectivity index (χ4v) is 6.64. The number of guanidine groups is 1. The van der Waals surface area contributed by atoms with Crippen molar-refractivity contribution >= 4 is 29.1 Å². The number of amidine groups is 1. The van der Waals surface area contributed by atoms with Gasteiger partial charge in [-0.25, -0.2) is 4.99 Å². The van der Waals surface area contributed by atoms with Crippen LogP contribution in [0, 0.1) is 0 Å². The number of hydrogen-bond donors (Lipinski definition) is 4. The first-order valence-electron chi connectivity index (χ1n) is 16.9. The van der Waals surface area contributed by atoms with Gasteiger partial charge in [0.2, 0.25) is 5.96 Å². The van der Waals surface area contributed by atoms with Gasteiger partial charge in [-0.15, -0.1) is 11.6 Å². The summed E-state index contributed by atoms with van der Waals surface area (Å²) >= 11 is 6.67. The smallest absolute Gasteiger partial charge is 0.227 e. The highest BCUT2D eigenvalue weighted by molar-refractivity contribution is 6.32. The summed E-state index contributed by atoms with van der Waals surface area (Å²) in [7, 11) is 0. The Morgan fingerprint density at radius 1 is 0.917 bits per heavy atom. The standard InChI is InChI=1S/C41H45ClN6/c1-5-30(44-38-46-37(36(42)6-2)47-39(48-38)45-31-16-9-8-10-17-31)18-15-27-41(29-25-23-28(24-26-29)40(4,43)7-3)34-21-13-11-19-32(34)33-20-12-14-22-35(33)41/h8-27,36,38,44H,5-7,43H2,1-4H3,(H2,45,46,47,48)/b27-15+,30-18+/t36?,38-,40?/m1/s1. The van der Waals surface area contributed by atoms with Gasteiger partial charge >= 0.3 is 0 Å². The van der Waals surface area contributed by atoms with Crippen molar-refractivity contribution in [1.82, 2.24) is 10.6 Å². The third-order valence-corrected chi connectivity index (χ3v) is 10.0. The molecule has 2 unspecified atom stereocenters. The second-order valence-electron chi connectivity index (χ2n) is 12.7. The molecule has 0 saturated carbocycles. The van der Waals surface area contributed by atoms with Crippen LogP contribution >= 0.6 is 11.6 Å². The van der Waals surface area contributed by atoms with Crippen LogP contribution in [0.25, 0.3) is 11.1 Å². The SMILES string of the molecule is CC/C(=C\C=C\C1(c2ccc(C(C)(N)CC)cc2)c2ccccc2-c2ccccc21)N[C@H]1N=C(Nc2ccccc2)N=C(C(Cl)CC)N1. The quantitative estimate of drug-likeness (QED) is 0.0960. The summed E-state index contributed by atoms with van der Waals surface area (Å²) in [5.74, 6) is 1.20. The molecule has 0 radical (unpaired) electrons. The molecule has 1 heterocycles. The van der Waals surface area contributed by atoms with E-state index in [2.05, 4.69) is 133 Å². The number of alkyl halides is 1. The molecule has 1 aliphatic heterocycles. The first kappa shape index (κ1) is 33.3. The van der Waals surface area contributed by atoms with E-state index in [1.807, 2.05) is 37.3 Å². The maximum Gasteiger partial charge on any atom is 0.227 e. The summed E-state index contributed by atoms with van der Waals surface area (Å²) in [5, 5.41) is 10.1. The summed E-state index contributed by atoms with van der Waals surface area (Å²) in [6, 6.07) is 36.3. The molecule has 246 valence electrons. The van der Waals surface area contributed by atoms with E-state index in [4.69, 9.17) is 22.3 Å². The van der Waals surface area contributed by atoms with Crippen LogP contribution in [0.1, 0.15) is 69.2 Å². The van der Waals surface area contributed by atoms with Crippen LogP contribution < -0.4 is 21.7 Å². The number of hydrogen-bond acceptors (Lipinski definition) is 6. The highest BCUT2D eigenvalue weighted by atomic mass is 35.5. The molecule has 6 nitrogen and oxygen atoms in total. The lowest BCUT2D eigenvalue weighted by molar-refractivity contribution is 0.476. The summed E-state index contributed by atoms with van der Waals surface area (Å²) in [5.41, 5.74) is 15.1. The number of fused-ring (bicyclic) bond motifs is 3. The monoisotopic (exact) mass is 656 g/mol. The van der Waals surface area contributed by atoms with Crippen molar-refractivity contribution in [1.29, 1.82) is 0 Å². The van der Waals surface area contributed by atoms with Crippen molar-refractivity contribution in [2.45, 2.75) is 69.6 Å². The van der Waals surface area contributed by atoms with E-state index in [0.717, 1.165) is 36.2 Å². The first-order valence-corrected chi connectivity index (χ1v) is 17.4. The number of halogens is 1. The Balaban J connectivity index is 1.36. The Morgan fingerprint density at radius 3 is 2.15 bits per heavy atom. The zero-order valence-corrected chi connectivity index (χ0v) is 28.9. The number of nitrogens with zero attached hydrogens (tertiary/aromatic N) is 2. The average Bonchev–Trinajstić information content (AvgIpc) is 3.41. The van der Waals surface area contributed by atoms with E-state index in [1.54, 1.807) is 0 Å². The number of nitrogens with two attached hydrogens (primary N) is 1. The number of para-hydroxylation sites is 1. The maximum atomic E-state index is 6.67. The topological polar surface area (TPSA) is 86.8 Å². The lowest BCUT2D eigenvalue weighted by Gasteiger charge is -2.31. The van der Waals surface area contributed by atoms with Gasteiger partial charge in [-0.2, -0.15) is 4.99 Å². The van der Waals surface area contributed by atoms with E-state index < -0.39 is 11.7 Å². The van der Waals surface area contributed by atoms with E-state index in [-0.39, 0.29) is 10.9 Å². The molecule has 0 amide bonds. The van der Waals surface area contributed by atoms with Crippen LogP contribution in [0.4, 0.5) is 5.69 Å². The molecule has 6 rings (SSSR count). The van der Waals surface area contributed by atoms with E-state index in [0.29, 0.717) is 11.8 Å². The number of benzene rings is 4. The van der Waals surface area contributed by atoms with Crippen molar-refractivity contribution < 1.29 is 0 Å². The largest absolute Gasteiger partial charge is 0.350 e. The third kappa shape index (κ3) is 6.55. The van der Waals surface area contributed by atoms with Crippen LogP contribution in [-0.2, 0) is 11.0 Å². The molecule has 3 atom stereocenters. The molecule has 48 heavy (non-hydrogen) atoms. The average molecular weight is 657 g/mol. The molecular weight excluding hydrogens is 612 g/mol. The van der Waals surface area contributed by atoms with Gasteiger partial charge in [0.25, 0.3) is 0 Å². The van der Waals surface area contributed by atoms with Gasteiger partial charge < -0.3 is 21.7 Å². The second kappa shape index (κ2) is 14.2. The van der Waals surface area contributed by atoms with Crippen molar-refractivity contribution in [3.05, 3.63) is 149 Å². The highest BCUT2D eigenvalue weighted by Crippen LogP contribution is 2.53. The van der Waals surface area contributed by atoms with Crippen molar-refractivity contribution in [2.75, 3.05) is 5.32 Å². The predicted octanol–water partition coefficient (Wildman–Crippen LogP) is 8.80. The number of allylic oxidation sites excluding steroid dienone is 4. The third-order valence-electron chi connectivity index (χ3n) is 9.52. The van der Waals surface area contributed by atoms with Gasteiger partial charge in [0.05, 0.1) is 10.8 Å². The summed E-state index contributed by atoms with van der Waals surface area (Å²) in [4.78, 5) is 9.52. The van der Waals surface area contributed by atoms with Gasteiger partial charge in [0.15, 0.2) is 6.29 Å². The molecule has 1 aliphatic carbocycles. The number of anilines is 1.